The lowest BCUT2D eigenvalue weighted by atomic mass is 10.0. The molecule has 4 nitrogen and oxygen atoms in total. The standard InChI is InChI=1S/C13H17ClN2O2/c1-2-3-13(4-5-13)8-15-11-7-9(12(17)18)6-10(14)16-11/h6-7H,2-5,8H2,1H3,(H,15,16)(H,17,18). The molecule has 1 heterocycles. The Labute approximate surface area is 111 Å². The van der Waals surface area contributed by atoms with Gasteiger partial charge in [0.05, 0.1) is 5.56 Å². The van der Waals surface area contributed by atoms with Crippen LogP contribution in [-0.4, -0.2) is 22.6 Å². The van der Waals surface area contributed by atoms with Crippen LogP contribution in [0.5, 0.6) is 0 Å². The van der Waals surface area contributed by atoms with E-state index in [0.717, 1.165) is 6.54 Å². The van der Waals surface area contributed by atoms with Gasteiger partial charge in [-0.2, -0.15) is 0 Å². The fraction of sp³-hybridized carbons (Fsp3) is 0.538. The Morgan fingerprint density at radius 2 is 2.28 bits per heavy atom. The average molecular weight is 269 g/mol. The Bertz CT molecular complexity index is 458. The van der Waals surface area contributed by atoms with Crippen molar-refractivity contribution in [3.8, 4) is 0 Å². The number of hydrogen-bond donors (Lipinski definition) is 2. The van der Waals surface area contributed by atoms with Crippen LogP contribution in [0.3, 0.4) is 0 Å². The SMILES string of the molecule is CCCC1(CNc2cc(C(=O)O)cc(Cl)n2)CC1. The van der Waals surface area contributed by atoms with Crippen LogP contribution in [-0.2, 0) is 0 Å². The number of carbonyl (C=O) groups is 1. The first kappa shape index (κ1) is 13.1. The quantitative estimate of drug-likeness (QED) is 0.776. The molecule has 1 aliphatic carbocycles. The van der Waals surface area contributed by atoms with Gasteiger partial charge in [0.2, 0.25) is 0 Å². The predicted molar refractivity (Wildman–Crippen MR) is 71.3 cm³/mol. The molecule has 98 valence electrons. The van der Waals surface area contributed by atoms with E-state index in [1.807, 2.05) is 0 Å². The molecule has 1 saturated carbocycles. The minimum absolute atomic E-state index is 0.165. The number of aromatic nitrogens is 1. The minimum Gasteiger partial charge on any atom is -0.478 e. The second-order valence-corrected chi connectivity index (χ2v) is 5.36. The lowest BCUT2D eigenvalue weighted by Gasteiger charge is -2.15. The van der Waals surface area contributed by atoms with Crippen molar-refractivity contribution in [1.29, 1.82) is 0 Å². The predicted octanol–water partition coefficient (Wildman–Crippen LogP) is 3.43. The maximum atomic E-state index is 10.9. The number of carboxylic acids is 1. The summed E-state index contributed by atoms with van der Waals surface area (Å²) in [6.45, 7) is 3.02. The minimum atomic E-state index is -0.989. The van der Waals surface area contributed by atoms with Gasteiger partial charge in [0, 0.05) is 6.54 Å². The average Bonchev–Trinajstić information content (AvgIpc) is 3.07. The molecule has 1 aromatic rings. The fourth-order valence-corrected chi connectivity index (χ4v) is 2.42. The maximum absolute atomic E-state index is 10.9. The van der Waals surface area contributed by atoms with Gasteiger partial charge in [0.15, 0.2) is 0 Å². The second-order valence-electron chi connectivity index (χ2n) is 4.97. The summed E-state index contributed by atoms with van der Waals surface area (Å²) in [7, 11) is 0. The molecule has 1 fully saturated rings. The zero-order valence-electron chi connectivity index (χ0n) is 10.4. The molecular weight excluding hydrogens is 252 g/mol. The molecule has 0 saturated heterocycles. The summed E-state index contributed by atoms with van der Waals surface area (Å²) in [4.78, 5) is 15.0. The van der Waals surface area contributed by atoms with E-state index in [2.05, 4.69) is 17.2 Å². The Kier molecular flexibility index (Phi) is 3.76. The molecule has 1 aliphatic rings. The number of carboxylic acid groups (broad SMARTS) is 1. The summed E-state index contributed by atoms with van der Waals surface area (Å²) in [5.41, 5.74) is 0.556. The van der Waals surface area contributed by atoms with Crippen molar-refractivity contribution < 1.29 is 9.90 Å². The Balaban J connectivity index is 2.03. The molecular formula is C13H17ClN2O2. The van der Waals surface area contributed by atoms with E-state index in [-0.39, 0.29) is 10.7 Å². The number of pyridine rings is 1. The third-order valence-electron chi connectivity index (χ3n) is 3.42. The summed E-state index contributed by atoms with van der Waals surface area (Å²) in [6.07, 6.45) is 4.85. The highest BCUT2D eigenvalue weighted by Gasteiger charge is 2.41. The Morgan fingerprint density at radius 1 is 1.56 bits per heavy atom. The number of hydrogen-bond acceptors (Lipinski definition) is 3. The van der Waals surface area contributed by atoms with Gasteiger partial charge < -0.3 is 10.4 Å². The first-order valence-electron chi connectivity index (χ1n) is 6.19. The van der Waals surface area contributed by atoms with E-state index < -0.39 is 5.97 Å². The van der Waals surface area contributed by atoms with E-state index >= 15 is 0 Å². The maximum Gasteiger partial charge on any atom is 0.335 e. The van der Waals surface area contributed by atoms with Crippen LogP contribution in [0.25, 0.3) is 0 Å². The summed E-state index contributed by atoms with van der Waals surface area (Å²) in [5.74, 6) is -0.445. The Morgan fingerprint density at radius 3 is 2.83 bits per heavy atom. The molecule has 18 heavy (non-hydrogen) atoms. The van der Waals surface area contributed by atoms with Gasteiger partial charge >= 0.3 is 5.97 Å². The number of nitrogens with one attached hydrogen (secondary N) is 1. The van der Waals surface area contributed by atoms with E-state index in [9.17, 15) is 4.79 Å². The number of anilines is 1. The monoisotopic (exact) mass is 268 g/mol. The third kappa shape index (κ3) is 3.13. The van der Waals surface area contributed by atoms with Crippen LogP contribution in [0.2, 0.25) is 5.15 Å². The van der Waals surface area contributed by atoms with Gasteiger partial charge in [-0.3, -0.25) is 0 Å². The molecule has 1 aromatic heterocycles. The van der Waals surface area contributed by atoms with Crippen molar-refractivity contribution in [2.24, 2.45) is 5.41 Å². The topological polar surface area (TPSA) is 62.2 Å². The molecule has 0 atom stereocenters. The van der Waals surface area contributed by atoms with Crippen molar-refractivity contribution in [2.45, 2.75) is 32.6 Å². The summed E-state index contributed by atoms with van der Waals surface area (Å²) in [5, 5.41) is 12.4. The van der Waals surface area contributed by atoms with Gasteiger partial charge in [-0.15, -0.1) is 0 Å². The van der Waals surface area contributed by atoms with Crippen molar-refractivity contribution in [2.75, 3.05) is 11.9 Å². The molecule has 2 N–H and O–H groups in total. The molecule has 0 aromatic carbocycles. The van der Waals surface area contributed by atoms with E-state index in [1.165, 1.54) is 37.8 Å². The van der Waals surface area contributed by atoms with Crippen LogP contribution < -0.4 is 5.32 Å². The summed E-state index contributed by atoms with van der Waals surface area (Å²) >= 11 is 5.81. The lowest BCUT2D eigenvalue weighted by molar-refractivity contribution is 0.0697. The highest BCUT2D eigenvalue weighted by atomic mass is 35.5. The van der Waals surface area contributed by atoms with Crippen molar-refractivity contribution in [3.63, 3.8) is 0 Å². The summed E-state index contributed by atoms with van der Waals surface area (Å²) in [6, 6.07) is 2.88. The van der Waals surface area contributed by atoms with Crippen LogP contribution >= 0.6 is 11.6 Å². The summed E-state index contributed by atoms with van der Waals surface area (Å²) < 4.78 is 0. The van der Waals surface area contributed by atoms with Crippen molar-refractivity contribution in [3.05, 3.63) is 22.8 Å². The first-order valence-corrected chi connectivity index (χ1v) is 6.57. The van der Waals surface area contributed by atoms with Gasteiger partial charge in [-0.1, -0.05) is 24.9 Å². The van der Waals surface area contributed by atoms with Gasteiger partial charge in [0.1, 0.15) is 11.0 Å². The van der Waals surface area contributed by atoms with Gasteiger partial charge in [0.25, 0.3) is 0 Å². The zero-order chi connectivity index (χ0) is 13.2. The highest BCUT2D eigenvalue weighted by Crippen LogP contribution is 2.49. The van der Waals surface area contributed by atoms with Crippen LogP contribution in [0, 0.1) is 5.41 Å². The largest absolute Gasteiger partial charge is 0.478 e. The molecule has 0 bridgehead atoms. The molecule has 5 heteroatoms. The van der Waals surface area contributed by atoms with E-state index in [1.54, 1.807) is 0 Å². The zero-order valence-corrected chi connectivity index (χ0v) is 11.1. The van der Waals surface area contributed by atoms with Gasteiger partial charge in [-0.25, -0.2) is 9.78 Å². The first-order chi connectivity index (χ1) is 8.54. The third-order valence-corrected chi connectivity index (χ3v) is 3.62. The molecule has 0 aliphatic heterocycles. The number of aromatic carboxylic acids is 1. The van der Waals surface area contributed by atoms with Crippen LogP contribution in [0.4, 0.5) is 5.82 Å². The molecule has 0 amide bonds. The van der Waals surface area contributed by atoms with Crippen LogP contribution in [0.1, 0.15) is 43.0 Å². The molecule has 0 unspecified atom stereocenters. The number of halogens is 1. The second kappa shape index (κ2) is 5.14. The molecule has 0 radical (unpaired) electrons. The fourth-order valence-electron chi connectivity index (χ4n) is 2.21. The number of rotatable bonds is 6. The Hall–Kier alpha value is -1.29. The van der Waals surface area contributed by atoms with Crippen molar-refractivity contribution >= 4 is 23.4 Å². The lowest BCUT2D eigenvalue weighted by Crippen LogP contribution is -2.16. The smallest absolute Gasteiger partial charge is 0.335 e. The highest BCUT2D eigenvalue weighted by molar-refractivity contribution is 6.29. The van der Waals surface area contributed by atoms with E-state index in [0.29, 0.717) is 11.2 Å². The molecule has 0 spiro atoms. The van der Waals surface area contributed by atoms with Gasteiger partial charge in [-0.05, 0) is 36.8 Å². The van der Waals surface area contributed by atoms with E-state index in [4.69, 9.17) is 16.7 Å². The van der Waals surface area contributed by atoms with Crippen molar-refractivity contribution in [1.82, 2.24) is 4.98 Å². The van der Waals surface area contributed by atoms with Crippen LogP contribution in [0.15, 0.2) is 12.1 Å². The number of nitrogens with zero attached hydrogens (tertiary/aromatic N) is 1. The normalized spacial score (nSPS) is 16.3. The molecule has 2 rings (SSSR count).